The van der Waals surface area contributed by atoms with Crippen molar-refractivity contribution in [1.29, 1.82) is 0 Å². The maximum atomic E-state index is 12.9. The number of piperidine rings is 2. The van der Waals surface area contributed by atoms with Crippen LogP contribution in [0.5, 0.6) is 11.5 Å². The van der Waals surface area contributed by atoms with E-state index in [1.807, 2.05) is 19.1 Å². The monoisotopic (exact) mass is 491 g/mol. The van der Waals surface area contributed by atoms with Gasteiger partial charge in [0.25, 0.3) is 5.91 Å². The largest absolute Gasteiger partial charge is 0.496 e. The van der Waals surface area contributed by atoms with Gasteiger partial charge in [-0.3, -0.25) is 24.6 Å². The van der Waals surface area contributed by atoms with E-state index in [-0.39, 0.29) is 18.2 Å². The third-order valence-electron chi connectivity index (χ3n) is 7.54. The van der Waals surface area contributed by atoms with Gasteiger partial charge < -0.3 is 14.4 Å². The number of aryl methyl sites for hydroxylation is 1. The molecular formula is C28H33N3O5. The van der Waals surface area contributed by atoms with Gasteiger partial charge in [-0.05, 0) is 73.7 Å². The van der Waals surface area contributed by atoms with Gasteiger partial charge in [-0.15, -0.1) is 0 Å². The number of hydrogen-bond donors (Lipinski definition) is 1. The van der Waals surface area contributed by atoms with Gasteiger partial charge in [-0.1, -0.05) is 18.6 Å². The number of rotatable bonds is 7. The molecule has 3 amide bonds. The van der Waals surface area contributed by atoms with Gasteiger partial charge in [0.2, 0.25) is 11.8 Å². The third kappa shape index (κ3) is 4.95. The highest BCUT2D eigenvalue weighted by Gasteiger charge is 2.39. The Morgan fingerprint density at radius 2 is 1.92 bits per heavy atom. The molecule has 3 aliphatic rings. The van der Waals surface area contributed by atoms with Crippen LogP contribution in [0.25, 0.3) is 0 Å². The third-order valence-corrected chi connectivity index (χ3v) is 7.54. The van der Waals surface area contributed by atoms with E-state index in [4.69, 9.17) is 9.47 Å². The first-order chi connectivity index (χ1) is 17.4. The zero-order valence-electron chi connectivity index (χ0n) is 20.9. The fourth-order valence-electron chi connectivity index (χ4n) is 5.49. The summed E-state index contributed by atoms with van der Waals surface area (Å²) in [4.78, 5) is 40.7. The first kappa shape index (κ1) is 24.3. The van der Waals surface area contributed by atoms with E-state index >= 15 is 0 Å². The van der Waals surface area contributed by atoms with E-state index in [1.165, 1.54) is 18.4 Å². The number of ether oxygens (including phenoxy) is 2. The fourth-order valence-corrected chi connectivity index (χ4v) is 5.49. The summed E-state index contributed by atoms with van der Waals surface area (Å²) >= 11 is 0. The van der Waals surface area contributed by atoms with Crippen LogP contribution in [-0.2, 0) is 22.7 Å². The van der Waals surface area contributed by atoms with Gasteiger partial charge in [0.05, 0.1) is 7.11 Å². The van der Waals surface area contributed by atoms with Crippen LogP contribution in [0, 0.1) is 6.92 Å². The molecule has 0 bridgehead atoms. The molecule has 2 atom stereocenters. The minimum absolute atomic E-state index is 0.168. The normalized spacial score (nSPS) is 22.4. The Bertz CT molecular complexity index is 1180. The molecule has 190 valence electrons. The molecule has 5 rings (SSSR count). The highest BCUT2D eigenvalue weighted by Crippen LogP contribution is 2.31. The van der Waals surface area contributed by atoms with Gasteiger partial charge in [-0.2, -0.15) is 0 Å². The molecule has 8 nitrogen and oxygen atoms in total. The maximum absolute atomic E-state index is 12.9. The van der Waals surface area contributed by atoms with Crippen LogP contribution in [0.2, 0.25) is 0 Å². The Kier molecular flexibility index (Phi) is 6.96. The molecule has 2 aromatic rings. The second kappa shape index (κ2) is 10.3. The average Bonchev–Trinajstić information content (AvgIpc) is 3.20. The highest BCUT2D eigenvalue weighted by molar-refractivity contribution is 6.05. The van der Waals surface area contributed by atoms with Crippen molar-refractivity contribution in [3.05, 3.63) is 58.7 Å². The smallest absolute Gasteiger partial charge is 0.255 e. The number of methoxy groups -OCH3 is 1. The number of carbonyl (C=O) groups excluding carboxylic acids is 3. The molecule has 2 aromatic carbocycles. The molecule has 2 fully saturated rings. The molecule has 0 spiro atoms. The Balaban J connectivity index is 1.23. The summed E-state index contributed by atoms with van der Waals surface area (Å²) in [5.74, 6) is 0.797. The lowest BCUT2D eigenvalue weighted by molar-refractivity contribution is -0.136. The van der Waals surface area contributed by atoms with E-state index < -0.39 is 11.9 Å². The summed E-state index contributed by atoms with van der Waals surface area (Å²) in [6.45, 7) is 4.86. The second-order valence-corrected chi connectivity index (χ2v) is 9.95. The molecule has 2 saturated heterocycles. The van der Waals surface area contributed by atoms with E-state index in [0.717, 1.165) is 42.1 Å². The first-order valence-corrected chi connectivity index (χ1v) is 12.7. The van der Waals surface area contributed by atoms with Crippen LogP contribution in [0.3, 0.4) is 0 Å². The predicted octanol–water partition coefficient (Wildman–Crippen LogP) is 3.20. The Labute approximate surface area is 211 Å². The fraction of sp³-hybridized carbons (Fsp3) is 0.464. The summed E-state index contributed by atoms with van der Waals surface area (Å²) in [5.41, 5.74) is 3.81. The van der Waals surface area contributed by atoms with Crippen molar-refractivity contribution >= 4 is 17.7 Å². The summed E-state index contributed by atoms with van der Waals surface area (Å²) in [7, 11) is 1.71. The molecule has 36 heavy (non-hydrogen) atoms. The van der Waals surface area contributed by atoms with Gasteiger partial charge in [0.1, 0.15) is 24.1 Å². The second-order valence-electron chi connectivity index (χ2n) is 9.95. The van der Waals surface area contributed by atoms with Crippen molar-refractivity contribution in [3.63, 3.8) is 0 Å². The zero-order valence-corrected chi connectivity index (χ0v) is 20.9. The highest BCUT2D eigenvalue weighted by atomic mass is 16.5. The van der Waals surface area contributed by atoms with Gasteiger partial charge in [-0.25, -0.2) is 0 Å². The van der Waals surface area contributed by atoms with Crippen LogP contribution in [-0.4, -0.2) is 59.9 Å². The molecule has 0 aromatic heterocycles. The van der Waals surface area contributed by atoms with Crippen molar-refractivity contribution in [2.24, 2.45) is 0 Å². The average molecular weight is 492 g/mol. The maximum Gasteiger partial charge on any atom is 0.255 e. The number of imide groups is 1. The first-order valence-electron chi connectivity index (χ1n) is 12.7. The van der Waals surface area contributed by atoms with Gasteiger partial charge in [0, 0.05) is 31.1 Å². The summed E-state index contributed by atoms with van der Waals surface area (Å²) in [6.07, 6.45) is 4.05. The van der Waals surface area contributed by atoms with E-state index in [2.05, 4.69) is 28.4 Å². The van der Waals surface area contributed by atoms with Crippen LogP contribution in [0.15, 0.2) is 36.4 Å². The molecule has 0 saturated carbocycles. The molecule has 3 aliphatic heterocycles. The van der Waals surface area contributed by atoms with Crippen molar-refractivity contribution in [3.8, 4) is 11.5 Å². The molecule has 3 heterocycles. The topological polar surface area (TPSA) is 88.2 Å². The lowest BCUT2D eigenvalue weighted by Gasteiger charge is -2.35. The van der Waals surface area contributed by atoms with Crippen molar-refractivity contribution in [2.45, 2.75) is 64.2 Å². The quantitative estimate of drug-likeness (QED) is 0.599. The summed E-state index contributed by atoms with van der Waals surface area (Å²) in [6, 6.07) is 11.6. The molecule has 0 aliphatic carbocycles. The van der Waals surface area contributed by atoms with Crippen LogP contribution >= 0.6 is 0 Å². The molecule has 0 radical (unpaired) electrons. The number of nitrogens with one attached hydrogen (secondary N) is 1. The summed E-state index contributed by atoms with van der Waals surface area (Å²) in [5, 5.41) is 2.34. The standard InChI is InChI=1S/C28H33N3O5/c1-18-6-7-19(13-25(18)35-2)15-30-12-4-3-5-21(30)17-36-22-8-9-23-20(14-22)16-31(28(23)34)24-10-11-26(32)29-27(24)33/h6-9,13-14,21,24H,3-5,10-12,15-17H2,1-2H3,(H,29,32,33). The number of nitrogens with zero attached hydrogens (tertiary/aromatic N) is 2. The Hall–Kier alpha value is -3.39. The molecular weight excluding hydrogens is 458 g/mol. The Morgan fingerprint density at radius 1 is 1.06 bits per heavy atom. The molecule has 2 unspecified atom stereocenters. The van der Waals surface area contributed by atoms with Crippen LogP contribution < -0.4 is 14.8 Å². The van der Waals surface area contributed by atoms with Crippen LogP contribution in [0.4, 0.5) is 0 Å². The van der Waals surface area contributed by atoms with Gasteiger partial charge >= 0.3 is 0 Å². The summed E-state index contributed by atoms with van der Waals surface area (Å²) < 4.78 is 11.7. The van der Waals surface area contributed by atoms with E-state index in [1.54, 1.807) is 18.1 Å². The number of fused-ring (bicyclic) bond motifs is 1. The SMILES string of the molecule is COc1cc(CN2CCCCC2COc2ccc3c(c2)CN(C2CCC(=O)NC2=O)C3=O)ccc1C. The van der Waals surface area contributed by atoms with E-state index in [0.29, 0.717) is 31.2 Å². The van der Waals surface area contributed by atoms with Crippen LogP contribution in [0.1, 0.15) is 59.2 Å². The van der Waals surface area contributed by atoms with Crippen molar-refractivity contribution in [1.82, 2.24) is 15.1 Å². The lowest BCUT2D eigenvalue weighted by Crippen LogP contribution is -2.52. The molecule has 1 N–H and O–H groups in total. The van der Waals surface area contributed by atoms with E-state index in [9.17, 15) is 14.4 Å². The van der Waals surface area contributed by atoms with Crippen molar-refractivity contribution < 1.29 is 23.9 Å². The minimum Gasteiger partial charge on any atom is -0.496 e. The zero-order chi connectivity index (χ0) is 25.2. The Morgan fingerprint density at radius 3 is 2.72 bits per heavy atom. The number of benzene rings is 2. The predicted molar refractivity (Wildman–Crippen MR) is 134 cm³/mol. The minimum atomic E-state index is -0.608. The number of amides is 3. The number of hydrogen-bond acceptors (Lipinski definition) is 6. The number of carbonyl (C=O) groups is 3. The molecule has 8 heteroatoms. The number of likely N-dealkylation sites (tertiary alicyclic amines) is 1. The lowest BCUT2D eigenvalue weighted by atomic mass is 10.0. The van der Waals surface area contributed by atoms with Gasteiger partial charge in [0.15, 0.2) is 0 Å². The van der Waals surface area contributed by atoms with Crippen molar-refractivity contribution in [2.75, 3.05) is 20.3 Å².